The normalized spacial score (nSPS) is 10.3. The molecule has 5 aromatic rings. The summed E-state index contributed by atoms with van der Waals surface area (Å²) in [7, 11) is 0. The third kappa shape index (κ3) is 9.48. The highest BCUT2D eigenvalue weighted by Crippen LogP contribution is 2.24. The highest BCUT2D eigenvalue weighted by Gasteiger charge is 2.17. The second-order valence-electron chi connectivity index (χ2n) is 10.3. The minimum Gasteiger partial charge on any atom is -0.427 e. The lowest BCUT2D eigenvalue weighted by Gasteiger charge is -2.10. The molecule has 0 radical (unpaired) electrons. The second kappa shape index (κ2) is 15.7. The number of rotatable bonds is 10. The molecule has 0 aliphatic heterocycles. The Morgan fingerprint density at radius 2 is 0.620 bits per heavy atom. The molecule has 5 rings (SSSR count). The SMILES string of the molecule is CC(=O)Oc1ccc(C(=O)Oc2cccc(OC(=O)c3cccc(C(=O)Oc4cccc(OC(=O)c5ccc(OC(C)=O)cc5)c4)c3)c2)cc1. The standard InChI is InChI=1S/C38H26O12/c1-23(39)45-29-16-12-25(13-17-29)35(41)47-31-8-4-10-33(21-31)49-37(43)27-6-3-7-28(20-27)38(44)50-34-11-5-9-32(22-34)48-36(42)26-14-18-30(19-15-26)46-24(2)40/h3-22H,1-2H3. The van der Waals surface area contributed by atoms with Gasteiger partial charge in [0, 0.05) is 26.0 Å². The zero-order valence-electron chi connectivity index (χ0n) is 26.4. The number of carbonyl (C=O) groups is 6. The Morgan fingerprint density at radius 1 is 0.320 bits per heavy atom. The van der Waals surface area contributed by atoms with Crippen LogP contribution in [0.1, 0.15) is 55.3 Å². The van der Waals surface area contributed by atoms with Gasteiger partial charge in [0.25, 0.3) is 0 Å². The van der Waals surface area contributed by atoms with Crippen LogP contribution in [0.4, 0.5) is 0 Å². The molecule has 0 heterocycles. The van der Waals surface area contributed by atoms with E-state index in [4.69, 9.17) is 28.4 Å². The Kier molecular flexibility index (Phi) is 10.7. The van der Waals surface area contributed by atoms with Crippen molar-refractivity contribution in [3.63, 3.8) is 0 Å². The third-order valence-corrected chi connectivity index (χ3v) is 6.49. The predicted octanol–water partition coefficient (Wildman–Crippen LogP) is 6.41. The fraction of sp³-hybridized carbons (Fsp3) is 0.0526. The molecule has 0 saturated heterocycles. The van der Waals surface area contributed by atoms with E-state index in [0.717, 1.165) is 0 Å². The van der Waals surface area contributed by atoms with Gasteiger partial charge in [-0.25, -0.2) is 19.2 Å². The maximum absolute atomic E-state index is 13.0. The molecule has 50 heavy (non-hydrogen) atoms. The van der Waals surface area contributed by atoms with Crippen LogP contribution in [-0.4, -0.2) is 35.8 Å². The molecule has 12 heteroatoms. The number of carbonyl (C=O) groups excluding carboxylic acids is 6. The van der Waals surface area contributed by atoms with E-state index in [-0.39, 0.29) is 56.8 Å². The smallest absolute Gasteiger partial charge is 0.343 e. The molecule has 5 aromatic carbocycles. The van der Waals surface area contributed by atoms with Crippen molar-refractivity contribution in [2.75, 3.05) is 0 Å². The van der Waals surface area contributed by atoms with Gasteiger partial charge in [-0.3, -0.25) is 9.59 Å². The van der Waals surface area contributed by atoms with Gasteiger partial charge in [0.1, 0.15) is 34.5 Å². The summed E-state index contributed by atoms with van der Waals surface area (Å²) in [6, 6.07) is 28.9. The predicted molar refractivity (Wildman–Crippen MR) is 175 cm³/mol. The van der Waals surface area contributed by atoms with Crippen LogP contribution in [0.2, 0.25) is 0 Å². The molecule has 0 spiro atoms. The summed E-state index contributed by atoms with van der Waals surface area (Å²) >= 11 is 0. The van der Waals surface area contributed by atoms with Crippen molar-refractivity contribution in [1.29, 1.82) is 0 Å². The Bertz CT molecular complexity index is 1940. The fourth-order valence-corrected chi connectivity index (χ4v) is 4.29. The molecule has 0 amide bonds. The van der Waals surface area contributed by atoms with Gasteiger partial charge in [0.15, 0.2) is 0 Å². The van der Waals surface area contributed by atoms with Gasteiger partial charge >= 0.3 is 35.8 Å². The lowest BCUT2D eigenvalue weighted by molar-refractivity contribution is -0.132. The quantitative estimate of drug-likeness (QED) is 0.119. The monoisotopic (exact) mass is 674 g/mol. The van der Waals surface area contributed by atoms with E-state index < -0.39 is 35.8 Å². The third-order valence-electron chi connectivity index (χ3n) is 6.49. The molecule has 250 valence electrons. The summed E-state index contributed by atoms with van der Waals surface area (Å²) in [5, 5.41) is 0. The molecule has 0 aliphatic rings. The Hall–Kier alpha value is -7.08. The van der Waals surface area contributed by atoms with Crippen molar-refractivity contribution in [3.8, 4) is 34.5 Å². The summed E-state index contributed by atoms with van der Waals surface area (Å²) in [5.74, 6) is -3.05. The van der Waals surface area contributed by atoms with Gasteiger partial charge in [-0.2, -0.15) is 0 Å². The largest absolute Gasteiger partial charge is 0.427 e. The number of hydrogen-bond donors (Lipinski definition) is 0. The summed E-state index contributed by atoms with van der Waals surface area (Å²) in [6.07, 6.45) is 0. The molecule has 0 bridgehead atoms. The van der Waals surface area contributed by atoms with Gasteiger partial charge in [-0.15, -0.1) is 0 Å². The van der Waals surface area contributed by atoms with Crippen LogP contribution >= 0.6 is 0 Å². The van der Waals surface area contributed by atoms with E-state index >= 15 is 0 Å². The molecule has 0 unspecified atom stereocenters. The average Bonchev–Trinajstić information content (AvgIpc) is 3.08. The van der Waals surface area contributed by atoms with Gasteiger partial charge in [-0.1, -0.05) is 18.2 Å². The van der Waals surface area contributed by atoms with Crippen LogP contribution in [0, 0.1) is 0 Å². The zero-order chi connectivity index (χ0) is 35.6. The van der Waals surface area contributed by atoms with Crippen LogP contribution < -0.4 is 28.4 Å². The molecule has 0 N–H and O–H groups in total. The van der Waals surface area contributed by atoms with E-state index in [1.54, 1.807) is 0 Å². The number of benzene rings is 5. The number of hydrogen-bond acceptors (Lipinski definition) is 12. The average molecular weight is 675 g/mol. The summed E-state index contributed by atoms with van der Waals surface area (Å²) in [5.41, 5.74) is 0.475. The topological polar surface area (TPSA) is 158 Å². The van der Waals surface area contributed by atoms with Crippen molar-refractivity contribution in [2.45, 2.75) is 13.8 Å². The van der Waals surface area contributed by atoms with Crippen LogP contribution in [0.25, 0.3) is 0 Å². The number of esters is 6. The van der Waals surface area contributed by atoms with Crippen molar-refractivity contribution in [2.24, 2.45) is 0 Å². The molecule has 0 saturated carbocycles. The fourth-order valence-electron chi connectivity index (χ4n) is 4.29. The van der Waals surface area contributed by atoms with Crippen LogP contribution in [0.5, 0.6) is 34.5 Å². The molecule has 0 aliphatic carbocycles. The second-order valence-corrected chi connectivity index (χ2v) is 10.3. The van der Waals surface area contributed by atoms with Crippen molar-refractivity contribution >= 4 is 35.8 Å². The molecule has 0 atom stereocenters. The van der Waals surface area contributed by atoms with Gasteiger partial charge in [0.05, 0.1) is 22.3 Å². The van der Waals surface area contributed by atoms with Crippen molar-refractivity contribution in [1.82, 2.24) is 0 Å². The first-order valence-electron chi connectivity index (χ1n) is 14.8. The van der Waals surface area contributed by atoms with Crippen LogP contribution in [0.15, 0.2) is 121 Å². The van der Waals surface area contributed by atoms with Crippen LogP contribution in [0.3, 0.4) is 0 Å². The van der Waals surface area contributed by atoms with E-state index in [0.29, 0.717) is 0 Å². The first kappa shape index (κ1) is 34.3. The maximum Gasteiger partial charge on any atom is 0.343 e. The lowest BCUT2D eigenvalue weighted by atomic mass is 10.1. The highest BCUT2D eigenvalue weighted by atomic mass is 16.6. The Labute approximate surface area is 284 Å². The molecular formula is C38H26O12. The first-order chi connectivity index (χ1) is 24.0. The van der Waals surface area contributed by atoms with E-state index in [1.165, 1.54) is 135 Å². The Balaban J connectivity index is 1.18. The van der Waals surface area contributed by atoms with Gasteiger partial charge in [-0.05, 0) is 91.0 Å². The van der Waals surface area contributed by atoms with Gasteiger partial charge < -0.3 is 28.4 Å². The maximum atomic E-state index is 13.0. The van der Waals surface area contributed by atoms with Crippen molar-refractivity contribution < 1.29 is 57.2 Å². The molecule has 12 nitrogen and oxygen atoms in total. The molecule has 0 fully saturated rings. The van der Waals surface area contributed by atoms with Crippen molar-refractivity contribution in [3.05, 3.63) is 144 Å². The van der Waals surface area contributed by atoms with E-state index in [9.17, 15) is 28.8 Å². The number of ether oxygens (including phenoxy) is 6. The lowest BCUT2D eigenvalue weighted by Crippen LogP contribution is -2.13. The summed E-state index contributed by atoms with van der Waals surface area (Å²) in [4.78, 5) is 73.2. The van der Waals surface area contributed by atoms with E-state index in [1.807, 2.05) is 0 Å². The summed E-state index contributed by atoms with van der Waals surface area (Å²) < 4.78 is 31.6. The minimum absolute atomic E-state index is 0.0390. The van der Waals surface area contributed by atoms with Gasteiger partial charge in [0.2, 0.25) is 0 Å². The highest BCUT2D eigenvalue weighted by molar-refractivity contribution is 5.97. The Morgan fingerprint density at radius 3 is 0.940 bits per heavy atom. The molecular weight excluding hydrogens is 648 g/mol. The van der Waals surface area contributed by atoms with Crippen LogP contribution in [-0.2, 0) is 9.59 Å². The minimum atomic E-state index is -0.793. The molecule has 0 aromatic heterocycles. The summed E-state index contributed by atoms with van der Waals surface area (Å²) in [6.45, 7) is 2.52. The van der Waals surface area contributed by atoms with E-state index in [2.05, 4.69) is 0 Å². The first-order valence-corrected chi connectivity index (χ1v) is 14.8. The zero-order valence-corrected chi connectivity index (χ0v) is 26.4.